The van der Waals surface area contributed by atoms with Crippen LogP contribution in [0.5, 0.6) is 0 Å². The molecule has 144 valence electrons. The minimum atomic E-state index is -0.263. The zero-order chi connectivity index (χ0) is 19.1. The molecule has 1 aliphatic heterocycles. The molecule has 1 aromatic heterocycles. The average Bonchev–Trinajstić information content (AvgIpc) is 2.69. The Bertz CT molecular complexity index is 750. The van der Waals surface area contributed by atoms with Crippen molar-refractivity contribution in [1.82, 2.24) is 20.1 Å². The molecule has 8 nitrogen and oxygen atoms in total. The van der Waals surface area contributed by atoms with Crippen LogP contribution in [0.25, 0.3) is 0 Å². The van der Waals surface area contributed by atoms with Gasteiger partial charge in [-0.2, -0.15) is 10.1 Å². The molecule has 0 spiro atoms. The number of aromatic nitrogens is 3. The second kappa shape index (κ2) is 9.11. The average molecular weight is 374 g/mol. The van der Waals surface area contributed by atoms with E-state index in [4.69, 9.17) is 4.74 Å². The highest BCUT2D eigenvalue weighted by Crippen LogP contribution is 2.16. The molecule has 0 bridgehead atoms. The molecule has 2 aromatic rings. The lowest BCUT2D eigenvalue weighted by atomic mass is 10.1. The van der Waals surface area contributed by atoms with E-state index in [-0.39, 0.29) is 18.0 Å². The van der Waals surface area contributed by atoms with Crippen molar-refractivity contribution in [2.75, 3.05) is 30.3 Å². The highest BCUT2D eigenvalue weighted by atomic mass is 19.1. The van der Waals surface area contributed by atoms with E-state index in [0.717, 1.165) is 18.4 Å². The molecule has 1 fully saturated rings. The molecule has 1 saturated heterocycles. The fourth-order valence-electron chi connectivity index (χ4n) is 2.85. The number of hydrogen-bond donors (Lipinski definition) is 2. The van der Waals surface area contributed by atoms with Crippen molar-refractivity contribution < 1.29 is 13.9 Å². The van der Waals surface area contributed by atoms with E-state index in [9.17, 15) is 9.18 Å². The van der Waals surface area contributed by atoms with Crippen molar-refractivity contribution in [2.45, 2.75) is 32.4 Å². The van der Waals surface area contributed by atoms with E-state index in [2.05, 4.69) is 25.8 Å². The molecule has 1 amide bonds. The van der Waals surface area contributed by atoms with Gasteiger partial charge in [0.05, 0.1) is 12.8 Å². The number of carbonyl (C=O) groups is 1. The van der Waals surface area contributed by atoms with Gasteiger partial charge >= 0.3 is 6.09 Å². The lowest BCUT2D eigenvalue weighted by Gasteiger charge is -2.31. The minimum absolute atomic E-state index is 0.171. The molecular formula is C18H23FN6O2. The van der Waals surface area contributed by atoms with Crippen LogP contribution in [0.2, 0.25) is 0 Å². The van der Waals surface area contributed by atoms with Gasteiger partial charge in [-0.1, -0.05) is 12.1 Å². The van der Waals surface area contributed by atoms with Gasteiger partial charge in [0.1, 0.15) is 5.82 Å². The molecule has 1 aromatic carbocycles. The molecule has 9 heteroatoms. The quantitative estimate of drug-likeness (QED) is 0.803. The number of rotatable bonds is 6. The van der Waals surface area contributed by atoms with Gasteiger partial charge < -0.3 is 20.3 Å². The van der Waals surface area contributed by atoms with Crippen molar-refractivity contribution in [1.29, 1.82) is 0 Å². The fourth-order valence-corrected chi connectivity index (χ4v) is 2.85. The normalized spacial score (nSPS) is 14.7. The largest absolute Gasteiger partial charge is 0.450 e. The number of hydrogen-bond acceptors (Lipinski definition) is 7. The van der Waals surface area contributed by atoms with Gasteiger partial charge in [0.2, 0.25) is 5.95 Å². The van der Waals surface area contributed by atoms with Crippen molar-refractivity contribution in [3.63, 3.8) is 0 Å². The Kier molecular flexibility index (Phi) is 6.35. The number of ether oxygens (including phenoxy) is 1. The summed E-state index contributed by atoms with van der Waals surface area (Å²) in [5, 5.41) is 14.4. The maximum Gasteiger partial charge on any atom is 0.409 e. The Morgan fingerprint density at radius 3 is 2.74 bits per heavy atom. The topological polar surface area (TPSA) is 92.3 Å². The first-order chi connectivity index (χ1) is 13.1. The number of nitrogens with zero attached hydrogens (tertiary/aromatic N) is 4. The van der Waals surface area contributed by atoms with Gasteiger partial charge in [-0.15, -0.1) is 5.10 Å². The molecule has 2 heterocycles. The van der Waals surface area contributed by atoms with E-state index in [1.165, 1.54) is 18.3 Å². The maximum atomic E-state index is 12.9. The van der Waals surface area contributed by atoms with Crippen molar-refractivity contribution in [3.05, 3.63) is 41.8 Å². The van der Waals surface area contributed by atoms with Gasteiger partial charge in [0.15, 0.2) is 5.82 Å². The van der Waals surface area contributed by atoms with Crippen LogP contribution in [-0.2, 0) is 11.3 Å². The highest BCUT2D eigenvalue weighted by Gasteiger charge is 2.24. The third kappa shape index (κ3) is 5.50. The predicted octanol–water partition coefficient (Wildman–Crippen LogP) is 2.66. The Morgan fingerprint density at radius 1 is 1.30 bits per heavy atom. The van der Waals surface area contributed by atoms with Crippen LogP contribution >= 0.6 is 0 Å². The molecular weight excluding hydrogens is 351 g/mol. The standard InChI is InChI=1S/C18H23FN6O2/c1-2-27-18(26)25-9-7-15(8-10-25)22-17-23-16(12-21-24-17)20-11-13-3-5-14(19)6-4-13/h3-6,12,15H,2,7-11H2,1H3,(H2,20,22,23,24). The number of anilines is 2. The Labute approximate surface area is 157 Å². The van der Waals surface area contributed by atoms with Crippen molar-refractivity contribution in [3.8, 4) is 0 Å². The summed E-state index contributed by atoms with van der Waals surface area (Å²) < 4.78 is 18.0. The van der Waals surface area contributed by atoms with Crippen LogP contribution in [0, 0.1) is 5.82 Å². The van der Waals surface area contributed by atoms with Crippen LogP contribution in [-0.4, -0.2) is 51.9 Å². The first-order valence-corrected chi connectivity index (χ1v) is 9.00. The van der Waals surface area contributed by atoms with Crippen molar-refractivity contribution >= 4 is 17.9 Å². The lowest BCUT2D eigenvalue weighted by molar-refractivity contribution is 0.0983. The zero-order valence-electron chi connectivity index (χ0n) is 15.2. The molecule has 0 aliphatic carbocycles. The molecule has 0 saturated carbocycles. The number of amides is 1. The molecule has 3 rings (SSSR count). The minimum Gasteiger partial charge on any atom is -0.450 e. The van der Waals surface area contributed by atoms with E-state index < -0.39 is 0 Å². The summed E-state index contributed by atoms with van der Waals surface area (Å²) in [5.41, 5.74) is 0.941. The smallest absolute Gasteiger partial charge is 0.409 e. The number of carbonyl (C=O) groups excluding carboxylic acids is 1. The third-order valence-electron chi connectivity index (χ3n) is 4.30. The summed E-state index contributed by atoms with van der Waals surface area (Å²) in [6.07, 6.45) is 2.85. The summed E-state index contributed by atoms with van der Waals surface area (Å²) in [6.45, 7) is 3.96. The molecule has 0 radical (unpaired) electrons. The predicted molar refractivity (Wildman–Crippen MR) is 98.8 cm³/mol. The van der Waals surface area contributed by atoms with Crippen LogP contribution in [0.15, 0.2) is 30.5 Å². The van der Waals surface area contributed by atoms with Crippen molar-refractivity contribution in [2.24, 2.45) is 0 Å². The third-order valence-corrected chi connectivity index (χ3v) is 4.30. The highest BCUT2D eigenvalue weighted by molar-refractivity contribution is 5.67. The molecule has 1 aliphatic rings. The summed E-state index contributed by atoms with van der Waals surface area (Å²) >= 11 is 0. The van der Waals surface area contributed by atoms with E-state index >= 15 is 0 Å². The molecule has 27 heavy (non-hydrogen) atoms. The van der Waals surface area contributed by atoms with Gasteiger partial charge in [-0.05, 0) is 37.5 Å². The van der Waals surface area contributed by atoms with Crippen LogP contribution in [0.3, 0.4) is 0 Å². The Balaban J connectivity index is 1.49. The Hall–Kier alpha value is -2.97. The second-order valence-electron chi connectivity index (χ2n) is 6.25. The number of piperidine rings is 1. The first kappa shape index (κ1) is 18.8. The summed E-state index contributed by atoms with van der Waals surface area (Å²) in [5.74, 6) is 0.761. The molecule has 2 N–H and O–H groups in total. The first-order valence-electron chi connectivity index (χ1n) is 9.00. The number of likely N-dealkylation sites (tertiary alicyclic amines) is 1. The summed E-state index contributed by atoms with van der Waals surface area (Å²) in [4.78, 5) is 17.9. The summed E-state index contributed by atoms with van der Waals surface area (Å²) in [6, 6.07) is 6.45. The Morgan fingerprint density at radius 2 is 2.04 bits per heavy atom. The van der Waals surface area contributed by atoms with E-state index in [0.29, 0.717) is 38.0 Å². The van der Waals surface area contributed by atoms with Gasteiger partial charge in [0.25, 0.3) is 0 Å². The van der Waals surface area contributed by atoms with Crippen LogP contribution in [0.1, 0.15) is 25.3 Å². The molecule has 0 atom stereocenters. The van der Waals surface area contributed by atoms with Crippen LogP contribution in [0.4, 0.5) is 21.0 Å². The zero-order valence-corrected chi connectivity index (χ0v) is 15.2. The maximum absolute atomic E-state index is 12.9. The number of nitrogens with one attached hydrogen (secondary N) is 2. The van der Waals surface area contributed by atoms with E-state index in [1.54, 1.807) is 24.0 Å². The number of benzene rings is 1. The lowest BCUT2D eigenvalue weighted by Crippen LogP contribution is -2.42. The second-order valence-corrected chi connectivity index (χ2v) is 6.25. The number of halogens is 1. The summed E-state index contributed by atoms with van der Waals surface area (Å²) in [7, 11) is 0. The fraction of sp³-hybridized carbons (Fsp3) is 0.444. The molecule has 0 unspecified atom stereocenters. The van der Waals surface area contributed by atoms with Gasteiger partial charge in [-0.25, -0.2) is 9.18 Å². The van der Waals surface area contributed by atoms with Gasteiger partial charge in [-0.3, -0.25) is 0 Å². The van der Waals surface area contributed by atoms with Gasteiger partial charge in [0, 0.05) is 25.7 Å². The SMILES string of the molecule is CCOC(=O)N1CCC(Nc2nncc(NCc3ccc(F)cc3)n2)CC1. The van der Waals surface area contributed by atoms with Crippen LogP contribution < -0.4 is 10.6 Å². The van der Waals surface area contributed by atoms with E-state index in [1.807, 2.05) is 0 Å². The monoisotopic (exact) mass is 374 g/mol.